The van der Waals surface area contributed by atoms with E-state index in [0.717, 1.165) is 10.9 Å². The molecule has 0 unspecified atom stereocenters. The molecule has 0 atom stereocenters. The van der Waals surface area contributed by atoms with Crippen molar-refractivity contribution in [1.82, 2.24) is 10.3 Å². The summed E-state index contributed by atoms with van der Waals surface area (Å²) in [7, 11) is 0. The molecular formula is C17H22Cl2N2O. The van der Waals surface area contributed by atoms with Crippen molar-refractivity contribution in [2.45, 2.75) is 38.1 Å². The van der Waals surface area contributed by atoms with Gasteiger partial charge in [0.15, 0.2) is 5.78 Å². The number of nitrogens with one attached hydrogen (secondary N) is 1. The monoisotopic (exact) mass is 340 g/mol. The Morgan fingerprint density at radius 3 is 2.64 bits per heavy atom. The minimum atomic E-state index is 0. The van der Waals surface area contributed by atoms with Crippen LogP contribution >= 0.6 is 24.8 Å². The molecule has 1 N–H and O–H groups in total. The van der Waals surface area contributed by atoms with Crippen LogP contribution in [0.5, 0.6) is 0 Å². The molecular weight excluding hydrogens is 319 g/mol. The Balaban J connectivity index is 0.00000121. The summed E-state index contributed by atoms with van der Waals surface area (Å²) in [6.07, 6.45) is 7.98. The van der Waals surface area contributed by atoms with E-state index in [4.69, 9.17) is 0 Å². The number of benzene rings is 1. The number of Topliss-reactive ketones (excluding diaryl/α,β-unsaturated/α-hetero) is 1. The van der Waals surface area contributed by atoms with Crippen LogP contribution in [-0.2, 0) is 0 Å². The topological polar surface area (TPSA) is 42.0 Å². The number of hydrogen-bond donors (Lipinski definition) is 1. The molecule has 1 aromatic carbocycles. The molecule has 3 nitrogen and oxygen atoms in total. The molecule has 2 aromatic rings. The SMILES string of the molecule is Cl.Cl.O=C(CNC1CCCCC1)c1cnc2ccccc2c1. The molecule has 3 rings (SSSR count). The van der Waals surface area contributed by atoms with Crippen molar-refractivity contribution in [3.8, 4) is 0 Å². The molecule has 1 fully saturated rings. The zero-order valence-corrected chi connectivity index (χ0v) is 14.1. The van der Waals surface area contributed by atoms with E-state index in [2.05, 4.69) is 10.3 Å². The first kappa shape index (κ1) is 18.9. The van der Waals surface area contributed by atoms with Crippen molar-refractivity contribution in [3.05, 3.63) is 42.1 Å². The van der Waals surface area contributed by atoms with Crippen LogP contribution in [0.4, 0.5) is 0 Å². The Kier molecular flexibility index (Phi) is 7.80. The Bertz CT molecular complexity index is 612. The third-order valence-electron chi connectivity index (χ3n) is 4.07. The summed E-state index contributed by atoms with van der Waals surface area (Å²) in [5, 5.41) is 4.41. The van der Waals surface area contributed by atoms with E-state index in [1.807, 2.05) is 30.3 Å². The molecule has 0 spiro atoms. The molecule has 1 aliphatic rings. The highest BCUT2D eigenvalue weighted by molar-refractivity contribution is 6.00. The maximum Gasteiger partial charge on any atom is 0.178 e. The van der Waals surface area contributed by atoms with Crippen LogP contribution in [0.25, 0.3) is 10.9 Å². The van der Waals surface area contributed by atoms with Crippen LogP contribution in [0, 0.1) is 0 Å². The van der Waals surface area contributed by atoms with Crippen LogP contribution in [0.3, 0.4) is 0 Å². The molecule has 22 heavy (non-hydrogen) atoms. The van der Waals surface area contributed by atoms with Crippen LogP contribution in [0.15, 0.2) is 36.5 Å². The number of ketones is 1. The number of carbonyl (C=O) groups is 1. The number of halogens is 2. The van der Waals surface area contributed by atoms with E-state index in [1.165, 1.54) is 32.1 Å². The van der Waals surface area contributed by atoms with Gasteiger partial charge in [-0.25, -0.2) is 0 Å². The molecule has 1 aromatic heterocycles. The van der Waals surface area contributed by atoms with Crippen molar-refractivity contribution in [2.75, 3.05) is 6.54 Å². The molecule has 1 heterocycles. The van der Waals surface area contributed by atoms with Crippen molar-refractivity contribution in [3.63, 3.8) is 0 Å². The van der Waals surface area contributed by atoms with Crippen LogP contribution in [0.1, 0.15) is 42.5 Å². The number of fused-ring (bicyclic) bond motifs is 1. The molecule has 1 saturated carbocycles. The lowest BCUT2D eigenvalue weighted by atomic mass is 9.95. The highest BCUT2D eigenvalue weighted by atomic mass is 35.5. The van der Waals surface area contributed by atoms with Crippen molar-refractivity contribution >= 4 is 41.5 Å². The van der Waals surface area contributed by atoms with Gasteiger partial charge in [0.05, 0.1) is 12.1 Å². The lowest BCUT2D eigenvalue weighted by Crippen LogP contribution is -2.35. The summed E-state index contributed by atoms with van der Waals surface area (Å²) < 4.78 is 0. The molecule has 5 heteroatoms. The Labute approximate surface area is 143 Å². The zero-order chi connectivity index (χ0) is 13.8. The number of nitrogens with zero attached hydrogens (tertiary/aromatic N) is 1. The largest absolute Gasteiger partial charge is 0.307 e. The summed E-state index contributed by atoms with van der Waals surface area (Å²) in [5.74, 6) is 0.133. The molecule has 0 bridgehead atoms. The highest BCUT2D eigenvalue weighted by Gasteiger charge is 2.14. The summed E-state index contributed by atoms with van der Waals surface area (Å²) in [6, 6.07) is 10.3. The molecule has 1 aliphatic carbocycles. The van der Waals surface area contributed by atoms with Gasteiger partial charge in [-0.3, -0.25) is 9.78 Å². The normalized spacial score (nSPS) is 14.9. The third-order valence-corrected chi connectivity index (χ3v) is 4.07. The van der Waals surface area contributed by atoms with Gasteiger partial charge in [0, 0.05) is 23.2 Å². The number of carbonyl (C=O) groups excluding carboxylic acids is 1. The minimum absolute atomic E-state index is 0. The van der Waals surface area contributed by atoms with Crippen LogP contribution in [-0.4, -0.2) is 23.4 Å². The first-order valence-corrected chi connectivity index (χ1v) is 7.44. The lowest BCUT2D eigenvalue weighted by molar-refractivity contribution is 0.0984. The number of aromatic nitrogens is 1. The minimum Gasteiger partial charge on any atom is -0.307 e. The van der Waals surface area contributed by atoms with Gasteiger partial charge in [-0.15, -0.1) is 24.8 Å². The molecule has 0 amide bonds. The fourth-order valence-corrected chi connectivity index (χ4v) is 2.87. The Hall–Kier alpha value is -1.16. The smallest absolute Gasteiger partial charge is 0.178 e. The average molecular weight is 341 g/mol. The predicted octanol–water partition coefficient (Wildman–Crippen LogP) is 4.18. The van der Waals surface area contributed by atoms with Gasteiger partial charge in [0.1, 0.15) is 0 Å². The summed E-state index contributed by atoms with van der Waals surface area (Å²) in [4.78, 5) is 16.6. The van der Waals surface area contributed by atoms with Crippen molar-refractivity contribution in [1.29, 1.82) is 0 Å². The number of pyridine rings is 1. The Morgan fingerprint density at radius 2 is 1.86 bits per heavy atom. The van der Waals surface area contributed by atoms with Gasteiger partial charge < -0.3 is 5.32 Å². The summed E-state index contributed by atoms with van der Waals surface area (Å²) >= 11 is 0. The van der Waals surface area contributed by atoms with Gasteiger partial charge >= 0.3 is 0 Å². The zero-order valence-electron chi connectivity index (χ0n) is 12.5. The third kappa shape index (κ3) is 4.67. The summed E-state index contributed by atoms with van der Waals surface area (Å²) in [5.41, 5.74) is 1.64. The van der Waals surface area contributed by atoms with Crippen molar-refractivity contribution in [2.24, 2.45) is 0 Å². The van der Waals surface area contributed by atoms with Gasteiger partial charge in [0.2, 0.25) is 0 Å². The predicted molar refractivity (Wildman–Crippen MR) is 95.4 cm³/mol. The molecule has 0 saturated heterocycles. The van der Waals surface area contributed by atoms with Gasteiger partial charge in [-0.1, -0.05) is 37.5 Å². The van der Waals surface area contributed by atoms with Crippen LogP contribution in [0.2, 0.25) is 0 Å². The average Bonchev–Trinajstić information content (AvgIpc) is 2.53. The quantitative estimate of drug-likeness (QED) is 0.848. The molecule has 120 valence electrons. The Morgan fingerprint density at radius 1 is 1.14 bits per heavy atom. The highest BCUT2D eigenvalue weighted by Crippen LogP contribution is 2.17. The van der Waals surface area contributed by atoms with Gasteiger partial charge in [0.25, 0.3) is 0 Å². The first-order valence-electron chi connectivity index (χ1n) is 7.44. The maximum atomic E-state index is 12.2. The van der Waals surface area contributed by atoms with Crippen LogP contribution < -0.4 is 5.32 Å². The van der Waals surface area contributed by atoms with Gasteiger partial charge in [-0.05, 0) is 25.0 Å². The fourth-order valence-electron chi connectivity index (χ4n) is 2.87. The standard InChI is InChI=1S/C17H20N2O.2ClH/c20-17(12-18-15-7-2-1-3-8-15)14-10-13-6-4-5-9-16(13)19-11-14;;/h4-6,9-11,15,18H,1-3,7-8,12H2;2*1H. The fraction of sp³-hybridized carbons (Fsp3) is 0.412. The second-order valence-electron chi connectivity index (χ2n) is 5.56. The van der Waals surface area contributed by atoms with Gasteiger partial charge in [-0.2, -0.15) is 0 Å². The summed E-state index contributed by atoms with van der Waals surface area (Å²) in [6.45, 7) is 0.421. The van der Waals surface area contributed by atoms with E-state index >= 15 is 0 Å². The van der Waals surface area contributed by atoms with E-state index in [1.54, 1.807) is 6.20 Å². The first-order chi connectivity index (χ1) is 9.83. The van der Waals surface area contributed by atoms with E-state index in [0.29, 0.717) is 18.2 Å². The second kappa shape index (κ2) is 9.09. The maximum absolute atomic E-state index is 12.2. The molecule has 0 radical (unpaired) electrons. The number of rotatable bonds is 4. The second-order valence-corrected chi connectivity index (χ2v) is 5.56. The van der Waals surface area contributed by atoms with E-state index in [9.17, 15) is 4.79 Å². The van der Waals surface area contributed by atoms with E-state index in [-0.39, 0.29) is 30.6 Å². The number of hydrogen-bond acceptors (Lipinski definition) is 3. The van der Waals surface area contributed by atoms with Crippen molar-refractivity contribution < 1.29 is 4.79 Å². The van der Waals surface area contributed by atoms with E-state index < -0.39 is 0 Å². The molecule has 0 aliphatic heterocycles. The number of para-hydroxylation sites is 1. The lowest BCUT2D eigenvalue weighted by Gasteiger charge is -2.22.